The molecular formula is C10H14N2O3. The quantitative estimate of drug-likeness (QED) is 0.666. The molecule has 82 valence electrons. The van der Waals surface area contributed by atoms with Gasteiger partial charge in [-0.15, -0.1) is 0 Å². The largest absolute Gasteiger partial charge is 0.445 e. The van der Waals surface area contributed by atoms with Crippen LogP contribution in [0.15, 0.2) is 12.7 Å². The van der Waals surface area contributed by atoms with Crippen molar-refractivity contribution in [3.05, 3.63) is 12.7 Å². The van der Waals surface area contributed by atoms with Gasteiger partial charge < -0.3 is 15.0 Å². The standard InChI is InChI=1S/C10H14N2O3/c1-2-5-15-9(14)12-6-10(7-12)4-3-8(13)11-10/h2H,1,3-7H2,(H,11,13). The van der Waals surface area contributed by atoms with Crippen LogP contribution in [-0.2, 0) is 9.53 Å². The van der Waals surface area contributed by atoms with E-state index in [9.17, 15) is 9.59 Å². The van der Waals surface area contributed by atoms with Gasteiger partial charge in [0.25, 0.3) is 0 Å². The van der Waals surface area contributed by atoms with Crippen molar-refractivity contribution in [3.8, 4) is 0 Å². The Hall–Kier alpha value is -1.52. The number of ether oxygens (including phenoxy) is 1. The average Bonchev–Trinajstić information content (AvgIpc) is 2.54. The summed E-state index contributed by atoms with van der Waals surface area (Å²) in [6.45, 7) is 4.82. The molecule has 2 aliphatic rings. The molecular weight excluding hydrogens is 196 g/mol. The number of likely N-dealkylation sites (tertiary alicyclic amines) is 1. The highest BCUT2D eigenvalue weighted by Gasteiger charge is 2.49. The van der Waals surface area contributed by atoms with Crippen molar-refractivity contribution in [2.75, 3.05) is 19.7 Å². The predicted molar refractivity (Wildman–Crippen MR) is 53.2 cm³/mol. The fourth-order valence-electron chi connectivity index (χ4n) is 2.05. The molecule has 5 nitrogen and oxygen atoms in total. The normalized spacial score (nSPS) is 22.1. The van der Waals surface area contributed by atoms with Gasteiger partial charge in [0.1, 0.15) is 6.61 Å². The van der Waals surface area contributed by atoms with Gasteiger partial charge in [-0.1, -0.05) is 12.7 Å². The smallest absolute Gasteiger partial charge is 0.410 e. The summed E-state index contributed by atoms with van der Waals surface area (Å²) in [7, 11) is 0. The van der Waals surface area contributed by atoms with Gasteiger partial charge in [0, 0.05) is 19.5 Å². The highest BCUT2D eigenvalue weighted by molar-refractivity contribution is 5.81. The van der Waals surface area contributed by atoms with Crippen molar-refractivity contribution in [2.24, 2.45) is 0 Å². The first-order valence-electron chi connectivity index (χ1n) is 4.99. The van der Waals surface area contributed by atoms with E-state index >= 15 is 0 Å². The minimum atomic E-state index is -0.332. The third-order valence-electron chi connectivity index (χ3n) is 2.81. The maximum absolute atomic E-state index is 11.3. The molecule has 2 aliphatic heterocycles. The third-order valence-corrected chi connectivity index (χ3v) is 2.81. The summed E-state index contributed by atoms with van der Waals surface area (Å²) in [6.07, 6.45) is 2.58. The number of nitrogens with zero attached hydrogens (tertiary/aromatic N) is 1. The Morgan fingerprint density at radius 3 is 2.93 bits per heavy atom. The van der Waals surface area contributed by atoms with E-state index in [2.05, 4.69) is 11.9 Å². The Morgan fingerprint density at radius 2 is 2.40 bits per heavy atom. The summed E-state index contributed by atoms with van der Waals surface area (Å²) < 4.78 is 4.88. The number of carbonyl (C=O) groups is 2. The molecule has 2 fully saturated rings. The number of amides is 2. The van der Waals surface area contributed by atoms with Crippen LogP contribution in [0.2, 0.25) is 0 Å². The Morgan fingerprint density at radius 1 is 1.67 bits per heavy atom. The van der Waals surface area contributed by atoms with Crippen LogP contribution in [0.3, 0.4) is 0 Å². The minimum Gasteiger partial charge on any atom is -0.445 e. The van der Waals surface area contributed by atoms with Crippen LogP contribution in [0.1, 0.15) is 12.8 Å². The molecule has 0 unspecified atom stereocenters. The van der Waals surface area contributed by atoms with Crippen LogP contribution >= 0.6 is 0 Å². The van der Waals surface area contributed by atoms with Crippen molar-refractivity contribution in [3.63, 3.8) is 0 Å². The maximum Gasteiger partial charge on any atom is 0.410 e. The number of nitrogens with one attached hydrogen (secondary N) is 1. The van der Waals surface area contributed by atoms with Crippen molar-refractivity contribution < 1.29 is 14.3 Å². The maximum atomic E-state index is 11.3. The van der Waals surface area contributed by atoms with E-state index in [4.69, 9.17) is 4.74 Å². The fraction of sp³-hybridized carbons (Fsp3) is 0.600. The molecule has 0 aromatic heterocycles. The Balaban J connectivity index is 1.80. The van der Waals surface area contributed by atoms with Gasteiger partial charge in [0.05, 0.1) is 5.54 Å². The molecule has 0 aromatic carbocycles. The zero-order valence-corrected chi connectivity index (χ0v) is 8.49. The lowest BCUT2D eigenvalue weighted by Crippen LogP contribution is -2.68. The molecule has 0 aliphatic carbocycles. The molecule has 1 spiro atoms. The zero-order chi connectivity index (χ0) is 10.9. The molecule has 2 rings (SSSR count). The van der Waals surface area contributed by atoms with Crippen molar-refractivity contribution in [2.45, 2.75) is 18.4 Å². The van der Waals surface area contributed by atoms with E-state index in [-0.39, 0.29) is 24.1 Å². The van der Waals surface area contributed by atoms with Crippen molar-refractivity contribution >= 4 is 12.0 Å². The zero-order valence-electron chi connectivity index (χ0n) is 8.49. The summed E-state index contributed by atoms with van der Waals surface area (Å²) in [6, 6.07) is 0. The van der Waals surface area contributed by atoms with Gasteiger partial charge in [-0.2, -0.15) is 0 Å². The van der Waals surface area contributed by atoms with Crippen LogP contribution in [0.25, 0.3) is 0 Å². The van der Waals surface area contributed by atoms with Crippen LogP contribution < -0.4 is 5.32 Å². The summed E-state index contributed by atoms with van der Waals surface area (Å²) in [4.78, 5) is 24.0. The minimum absolute atomic E-state index is 0.0779. The first kappa shape index (κ1) is 10.0. The van der Waals surface area contributed by atoms with Gasteiger partial charge in [-0.05, 0) is 6.42 Å². The van der Waals surface area contributed by atoms with Crippen LogP contribution in [0.5, 0.6) is 0 Å². The molecule has 2 heterocycles. The first-order valence-corrected chi connectivity index (χ1v) is 4.99. The van der Waals surface area contributed by atoms with E-state index in [0.29, 0.717) is 19.5 Å². The average molecular weight is 210 g/mol. The molecule has 15 heavy (non-hydrogen) atoms. The first-order chi connectivity index (χ1) is 7.15. The topological polar surface area (TPSA) is 58.6 Å². The monoisotopic (exact) mass is 210 g/mol. The van der Waals surface area contributed by atoms with Gasteiger partial charge in [0.2, 0.25) is 5.91 Å². The molecule has 5 heteroatoms. The predicted octanol–water partition coefficient (Wildman–Crippen LogP) is 0.273. The Bertz CT molecular complexity index is 308. The molecule has 0 atom stereocenters. The second kappa shape index (κ2) is 3.56. The van der Waals surface area contributed by atoms with E-state index < -0.39 is 0 Å². The lowest BCUT2D eigenvalue weighted by Gasteiger charge is -2.46. The summed E-state index contributed by atoms with van der Waals surface area (Å²) in [5.41, 5.74) is -0.162. The summed E-state index contributed by atoms with van der Waals surface area (Å²) in [5, 5.41) is 2.90. The summed E-state index contributed by atoms with van der Waals surface area (Å²) >= 11 is 0. The number of carbonyl (C=O) groups excluding carboxylic acids is 2. The highest BCUT2D eigenvalue weighted by atomic mass is 16.6. The number of rotatable bonds is 2. The third kappa shape index (κ3) is 1.82. The SMILES string of the molecule is C=CCOC(=O)N1CC2(CCC(=O)N2)C1. The highest BCUT2D eigenvalue weighted by Crippen LogP contribution is 2.30. The van der Waals surface area contributed by atoms with E-state index in [1.165, 1.54) is 6.08 Å². The van der Waals surface area contributed by atoms with Crippen molar-refractivity contribution in [1.29, 1.82) is 0 Å². The van der Waals surface area contributed by atoms with E-state index in [0.717, 1.165) is 6.42 Å². The van der Waals surface area contributed by atoms with E-state index in [1.54, 1.807) is 4.90 Å². The van der Waals surface area contributed by atoms with Gasteiger partial charge in [-0.25, -0.2) is 4.79 Å². The van der Waals surface area contributed by atoms with Crippen molar-refractivity contribution in [1.82, 2.24) is 10.2 Å². The lowest BCUT2D eigenvalue weighted by molar-refractivity contribution is -0.120. The number of hydrogen-bond donors (Lipinski definition) is 1. The lowest BCUT2D eigenvalue weighted by atomic mass is 9.89. The van der Waals surface area contributed by atoms with Gasteiger partial charge >= 0.3 is 6.09 Å². The van der Waals surface area contributed by atoms with Gasteiger partial charge in [0.15, 0.2) is 0 Å². The second-order valence-electron chi connectivity index (χ2n) is 4.05. The molecule has 0 bridgehead atoms. The van der Waals surface area contributed by atoms with Crippen LogP contribution in [0.4, 0.5) is 4.79 Å². The van der Waals surface area contributed by atoms with E-state index in [1.807, 2.05) is 0 Å². The molecule has 1 N–H and O–H groups in total. The molecule has 0 saturated carbocycles. The van der Waals surface area contributed by atoms with Gasteiger partial charge in [-0.3, -0.25) is 4.79 Å². The Kier molecular flexibility index (Phi) is 2.38. The number of hydrogen-bond acceptors (Lipinski definition) is 3. The fourth-order valence-corrected chi connectivity index (χ4v) is 2.05. The molecule has 0 radical (unpaired) electrons. The second-order valence-corrected chi connectivity index (χ2v) is 4.05. The molecule has 0 aromatic rings. The Labute approximate surface area is 88.1 Å². The van der Waals surface area contributed by atoms with Crippen LogP contribution in [-0.4, -0.2) is 42.1 Å². The summed E-state index contributed by atoms with van der Waals surface area (Å²) in [5.74, 6) is 0.0779. The van der Waals surface area contributed by atoms with Crippen LogP contribution in [0, 0.1) is 0 Å². The molecule has 2 saturated heterocycles. The molecule has 2 amide bonds.